The van der Waals surface area contributed by atoms with E-state index in [2.05, 4.69) is 42.0 Å². The summed E-state index contributed by atoms with van der Waals surface area (Å²) in [4.78, 5) is 2.41. The van der Waals surface area contributed by atoms with Gasteiger partial charge in [0.1, 0.15) is 11.3 Å². The van der Waals surface area contributed by atoms with Crippen molar-refractivity contribution >= 4 is 28.3 Å². The summed E-state index contributed by atoms with van der Waals surface area (Å²) < 4.78 is 12.4. The molecule has 1 aliphatic carbocycles. The number of anilines is 1. The summed E-state index contributed by atoms with van der Waals surface area (Å²) in [5.74, 6) is 1.81. The van der Waals surface area contributed by atoms with Crippen molar-refractivity contribution < 1.29 is 9.15 Å². The molecule has 1 saturated heterocycles. The molecule has 3 heterocycles. The molecular weight excluding hydrogens is 386 g/mol. The van der Waals surface area contributed by atoms with Gasteiger partial charge in [0.25, 0.3) is 0 Å². The summed E-state index contributed by atoms with van der Waals surface area (Å²) in [5.41, 5.74) is 2.84. The lowest BCUT2D eigenvalue weighted by atomic mass is 9.74. The van der Waals surface area contributed by atoms with Gasteiger partial charge in [0.15, 0.2) is 0 Å². The fourth-order valence-corrected chi connectivity index (χ4v) is 5.65. The highest BCUT2D eigenvalue weighted by Gasteiger charge is 2.42. The number of hydrogen-bond donors (Lipinski definition) is 2. The van der Waals surface area contributed by atoms with Crippen molar-refractivity contribution in [3.63, 3.8) is 0 Å². The Labute approximate surface area is 177 Å². The zero-order chi connectivity index (χ0) is 20.2. The van der Waals surface area contributed by atoms with Crippen molar-refractivity contribution in [2.24, 2.45) is 0 Å². The molecule has 0 bridgehead atoms. The van der Waals surface area contributed by atoms with Crippen molar-refractivity contribution in [2.45, 2.75) is 63.6 Å². The van der Waals surface area contributed by atoms with Crippen LogP contribution in [-0.2, 0) is 16.8 Å². The molecule has 0 radical (unpaired) electrons. The Balaban J connectivity index is 1.56. The minimum absolute atomic E-state index is 0.118. The maximum absolute atomic E-state index is 6.73. The quantitative estimate of drug-likeness (QED) is 0.693. The Morgan fingerprint density at radius 3 is 2.76 bits per heavy atom. The van der Waals surface area contributed by atoms with E-state index in [1.807, 2.05) is 6.07 Å². The molecule has 2 aliphatic heterocycles. The Bertz CT molecular complexity index is 959. The smallest absolute Gasteiger partial charge is 0.142 e. The van der Waals surface area contributed by atoms with E-state index in [4.69, 9.17) is 20.8 Å². The van der Waals surface area contributed by atoms with Crippen molar-refractivity contribution in [2.75, 3.05) is 25.0 Å². The van der Waals surface area contributed by atoms with E-state index in [1.54, 1.807) is 0 Å². The highest BCUT2D eigenvalue weighted by molar-refractivity contribution is 6.34. The Morgan fingerprint density at radius 2 is 2.00 bits per heavy atom. The summed E-state index contributed by atoms with van der Waals surface area (Å²) >= 11 is 6.73. The van der Waals surface area contributed by atoms with Crippen LogP contribution < -0.4 is 10.6 Å². The van der Waals surface area contributed by atoms with Gasteiger partial charge in [-0.05, 0) is 38.8 Å². The lowest BCUT2D eigenvalue weighted by Gasteiger charge is -2.44. The summed E-state index contributed by atoms with van der Waals surface area (Å²) in [7, 11) is 0. The first-order chi connectivity index (χ1) is 13.9. The second-order valence-corrected chi connectivity index (χ2v) is 9.84. The van der Waals surface area contributed by atoms with Gasteiger partial charge in [-0.1, -0.05) is 37.4 Å². The van der Waals surface area contributed by atoms with Gasteiger partial charge >= 0.3 is 0 Å². The molecule has 2 aromatic rings. The minimum atomic E-state index is -0.144. The molecule has 6 heteroatoms. The van der Waals surface area contributed by atoms with Crippen LogP contribution in [0.5, 0.6) is 0 Å². The van der Waals surface area contributed by atoms with Crippen LogP contribution in [0.25, 0.3) is 11.0 Å². The molecular formula is C23H30ClN3O2. The first-order valence-corrected chi connectivity index (χ1v) is 11.1. The number of morpholine rings is 1. The Kier molecular flexibility index (Phi) is 4.61. The van der Waals surface area contributed by atoms with Crippen LogP contribution in [0, 0.1) is 0 Å². The molecule has 1 spiro atoms. The van der Waals surface area contributed by atoms with Crippen LogP contribution in [0.2, 0.25) is 5.02 Å². The standard InChI is InChI=1S/C23H30ClN3O2/c1-15-25-20-18(24)12-16-11-17(13-27-9-10-28-22(2,3)14-27)29-21(16)19(20)23(26-15)7-5-4-6-8-23/h11-12,25-26H,1,4-10,13-14H2,2-3H3. The molecule has 2 fully saturated rings. The van der Waals surface area contributed by atoms with E-state index in [0.29, 0.717) is 0 Å². The molecule has 1 aromatic heterocycles. The van der Waals surface area contributed by atoms with Crippen LogP contribution in [0.3, 0.4) is 0 Å². The fourth-order valence-electron chi connectivity index (χ4n) is 5.39. The molecule has 3 aliphatic rings. The number of nitrogens with one attached hydrogen (secondary N) is 2. The normalized spacial score (nSPS) is 23.6. The molecule has 0 unspecified atom stereocenters. The average molecular weight is 416 g/mol. The van der Waals surface area contributed by atoms with E-state index in [-0.39, 0.29) is 11.1 Å². The summed E-state index contributed by atoms with van der Waals surface area (Å²) in [5, 5.41) is 8.84. The maximum atomic E-state index is 6.73. The van der Waals surface area contributed by atoms with Crippen molar-refractivity contribution in [1.29, 1.82) is 0 Å². The number of halogens is 1. The number of ether oxygens (including phenoxy) is 1. The third-order valence-corrected chi connectivity index (χ3v) is 6.84. The Hall–Kier alpha value is -1.69. The van der Waals surface area contributed by atoms with Crippen molar-refractivity contribution in [1.82, 2.24) is 10.2 Å². The summed E-state index contributed by atoms with van der Waals surface area (Å²) in [6.45, 7) is 11.8. The lowest BCUT2D eigenvalue weighted by molar-refractivity contribution is -0.0893. The van der Waals surface area contributed by atoms with Gasteiger partial charge < -0.3 is 19.8 Å². The van der Waals surface area contributed by atoms with Crippen molar-refractivity contribution in [3.8, 4) is 0 Å². The van der Waals surface area contributed by atoms with E-state index in [1.165, 1.54) is 24.8 Å². The lowest BCUT2D eigenvalue weighted by Crippen LogP contribution is -2.48. The van der Waals surface area contributed by atoms with E-state index < -0.39 is 0 Å². The number of furan rings is 1. The topological polar surface area (TPSA) is 49.7 Å². The van der Waals surface area contributed by atoms with Gasteiger partial charge in [-0.2, -0.15) is 0 Å². The molecule has 0 amide bonds. The first-order valence-electron chi connectivity index (χ1n) is 10.7. The molecule has 1 aromatic carbocycles. The van der Waals surface area contributed by atoms with E-state index in [9.17, 15) is 0 Å². The first kappa shape index (κ1) is 19.3. The number of hydrogen-bond acceptors (Lipinski definition) is 5. The number of nitrogens with zero attached hydrogens (tertiary/aromatic N) is 1. The summed E-state index contributed by atoms with van der Waals surface area (Å²) in [6, 6.07) is 4.18. The largest absolute Gasteiger partial charge is 0.459 e. The number of benzene rings is 1. The molecule has 5 nitrogen and oxygen atoms in total. The van der Waals surface area contributed by atoms with E-state index in [0.717, 1.165) is 72.3 Å². The monoisotopic (exact) mass is 415 g/mol. The minimum Gasteiger partial charge on any atom is -0.459 e. The third-order valence-electron chi connectivity index (χ3n) is 6.55. The average Bonchev–Trinajstić information content (AvgIpc) is 3.03. The van der Waals surface area contributed by atoms with Gasteiger partial charge in [-0.15, -0.1) is 0 Å². The molecule has 2 N–H and O–H groups in total. The second kappa shape index (κ2) is 6.93. The zero-order valence-corrected chi connectivity index (χ0v) is 18.1. The Morgan fingerprint density at radius 1 is 1.21 bits per heavy atom. The highest BCUT2D eigenvalue weighted by atomic mass is 35.5. The fraction of sp³-hybridized carbons (Fsp3) is 0.565. The number of fused-ring (bicyclic) bond motifs is 4. The van der Waals surface area contributed by atoms with Crippen molar-refractivity contribution in [3.05, 3.63) is 40.9 Å². The predicted octanol–water partition coefficient (Wildman–Crippen LogP) is 5.34. The highest BCUT2D eigenvalue weighted by Crippen LogP contribution is 2.49. The van der Waals surface area contributed by atoms with Crippen LogP contribution in [-0.4, -0.2) is 30.2 Å². The van der Waals surface area contributed by atoms with Crippen LogP contribution in [0.1, 0.15) is 57.3 Å². The zero-order valence-electron chi connectivity index (χ0n) is 17.4. The van der Waals surface area contributed by atoms with Crippen LogP contribution >= 0.6 is 11.6 Å². The molecule has 156 valence electrons. The summed E-state index contributed by atoms with van der Waals surface area (Å²) in [6.07, 6.45) is 5.82. The van der Waals surface area contributed by atoms with Gasteiger partial charge in [-0.25, -0.2) is 0 Å². The van der Waals surface area contributed by atoms with Gasteiger partial charge in [0.05, 0.1) is 40.8 Å². The third kappa shape index (κ3) is 3.43. The predicted molar refractivity (Wildman–Crippen MR) is 117 cm³/mol. The van der Waals surface area contributed by atoms with Gasteiger partial charge in [-0.3, -0.25) is 4.90 Å². The van der Waals surface area contributed by atoms with Gasteiger partial charge in [0, 0.05) is 24.0 Å². The maximum Gasteiger partial charge on any atom is 0.142 e. The molecule has 1 saturated carbocycles. The molecule has 29 heavy (non-hydrogen) atoms. The molecule has 5 rings (SSSR count). The second-order valence-electron chi connectivity index (χ2n) is 9.43. The van der Waals surface area contributed by atoms with Crippen LogP contribution in [0.4, 0.5) is 5.69 Å². The van der Waals surface area contributed by atoms with E-state index >= 15 is 0 Å². The van der Waals surface area contributed by atoms with Gasteiger partial charge in [0.2, 0.25) is 0 Å². The number of rotatable bonds is 2. The SMILES string of the molecule is C=C1Nc2c(Cl)cc3cc(CN4CCOC(C)(C)C4)oc3c2C2(CCCCC2)N1. The molecule has 0 atom stereocenters. The van der Waals surface area contributed by atoms with Crippen LogP contribution in [0.15, 0.2) is 28.9 Å².